The van der Waals surface area contributed by atoms with Gasteiger partial charge in [0.05, 0.1) is 14.2 Å². The molecule has 3 rings (SSSR count). The Kier molecular flexibility index (Phi) is 8.80. The number of ether oxygens (including phenoxy) is 2. The van der Waals surface area contributed by atoms with E-state index >= 15 is 0 Å². The van der Waals surface area contributed by atoms with E-state index in [9.17, 15) is 14.0 Å². The molecule has 198 valence electrons. The SMILES string of the molecule is CCCC(C(=O)NC(C)(C)C)N(C(=O)Cn1nnc(-c2ccc(OC)c(OC)c2)n1)c1ccc(F)cc1. The van der Waals surface area contributed by atoms with Crippen LogP contribution < -0.4 is 19.7 Å². The van der Waals surface area contributed by atoms with Gasteiger partial charge in [-0.25, -0.2) is 4.39 Å². The van der Waals surface area contributed by atoms with Crippen LogP contribution in [0.4, 0.5) is 10.1 Å². The second-order valence-corrected chi connectivity index (χ2v) is 9.50. The molecule has 11 heteroatoms. The fourth-order valence-corrected chi connectivity index (χ4v) is 3.80. The van der Waals surface area contributed by atoms with Crippen LogP contribution in [-0.4, -0.2) is 57.8 Å². The zero-order valence-electron chi connectivity index (χ0n) is 22.0. The molecule has 1 N–H and O–H groups in total. The van der Waals surface area contributed by atoms with Crippen LogP contribution in [-0.2, 0) is 16.1 Å². The minimum Gasteiger partial charge on any atom is -0.493 e. The monoisotopic (exact) mass is 512 g/mol. The van der Waals surface area contributed by atoms with Gasteiger partial charge in [0.15, 0.2) is 11.5 Å². The largest absolute Gasteiger partial charge is 0.493 e. The van der Waals surface area contributed by atoms with Crippen molar-refractivity contribution >= 4 is 17.5 Å². The van der Waals surface area contributed by atoms with Crippen molar-refractivity contribution in [1.29, 1.82) is 0 Å². The molecule has 0 aliphatic heterocycles. The standard InChI is InChI=1S/C26H33FN6O4/c1-7-8-20(25(35)28-26(2,3)4)33(19-12-10-18(27)11-13-19)23(34)16-32-30-24(29-31-32)17-9-14-21(36-5)22(15-17)37-6/h9-15,20H,7-8,16H2,1-6H3,(H,28,35). The van der Waals surface area contributed by atoms with Crippen LogP contribution in [0.5, 0.6) is 11.5 Å². The van der Waals surface area contributed by atoms with Crippen molar-refractivity contribution in [3.8, 4) is 22.9 Å². The number of carbonyl (C=O) groups is 2. The average molecular weight is 513 g/mol. The Bertz CT molecular complexity index is 1220. The number of carbonyl (C=O) groups excluding carboxylic acids is 2. The quantitative estimate of drug-likeness (QED) is 0.442. The summed E-state index contributed by atoms with van der Waals surface area (Å²) in [4.78, 5) is 29.4. The topological polar surface area (TPSA) is 111 Å². The van der Waals surface area contributed by atoms with Crippen molar-refractivity contribution in [1.82, 2.24) is 25.5 Å². The van der Waals surface area contributed by atoms with Gasteiger partial charge >= 0.3 is 0 Å². The van der Waals surface area contributed by atoms with Gasteiger partial charge in [-0.3, -0.25) is 14.5 Å². The van der Waals surface area contributed by atoms with Crippen LogP contribution in [0.1, 0.15) is 40.5 Å². The number of benzene rings is 2. The Morgan fingerprint density at radius 1 is 1.08 bits per heavy atom. The number of nitrogens with one attached hydrogen (secondary N) is 1. The lowest BCUT2D eigenvalue weighted by molar-refractivity contribution is -0.128. The van der Waals surface area contributed by atoms with Crippen LogP contribution in [0.15, 0.2) is 42.5 Å². The molecule has 1 aromatic heterocycles. The number of hydrogen-bond donors (Lipinski definition) is 1. The van der Waals surface area contributed by atoms with E-state index in [-0.39, 0.29) is 18.3 Å². The summed E-state index contributed by atoms with van der Waals surface area (Å²) < 4.78 is 24.3. The Balaban J connectivity index is 1.92. The molecule has 1 unspecified atom stereocenters. The predicted octanol–water partition coefficient (Wildman–Crippen LogP) is 3.61. The number of methoxy groups -OCH3 is 2. The third-order valence-corrected chi connectivity index (χ3v) is 5.42. The second-order valence-electron chi connectivity index (χ2n) is 9.50. The first-order chi connectivity index (χ1) is 17.6. The molecule has 0 saturated carbocycles. The molecule has 0 bridgehead atoms. The molecule has 2 amide bonds. The minimum atomic E-state index is -0.809. The Hall–Kier alpha value is -4.02. The van der Waals surface area contributed by atoms with Gasteiger partial charge in [-0.1, -0.05) is 13.3 Å². The van der Waals surface area contributed by atoms with Crippen molar-refractivity contribution in [3.63, 3.8) is 0 Å². The van der Waals surface area contributed by atoms with Crippen molar-refractivity contribution in [2.24, 2.45) is 0 Å². The summed E-state index contributed by atoms with van der Waals surface area (Å²) in [5.74, 6) is 0.161. The third-order valence-electron chi connectivity index (χ3n) is 5.42. The van der Waals surface area contributed by atoms with Crippen LogP contribution in [0, 0.1) is 5.82 Å². The molecule has 0 radical (unpaired) electrons. The summed E-state index contributed by atoms with van der Waals surface area (Å²) >= 11 is 0. The minimum absolute atomic E-state index is 0.277. The first-order valence-corrected chi connectivity index (χ1v) is 12.0. The number of tetrazole rings is 1. The highest BCUT2D eigenvalue weighted by Gasteiger charge is 2.33. The van der Waals surface area contributed by atoms with Crippen LogP contribution in [0.2, 0.25) is 0 Å². The number of rotatable bonds is 10. The molecule has 0 saturated heterocycles. The summed E-state index contributed by atoms with van der Waals surface area (Å²) in [6.07, 6.45) is 1.06. The maximum absolute atomic E-state index is 13.7. The van der Waals surface area contributed by atoms with Gasteiger partial charge in [0.1, 0.15) is 18.4 Å². The smallest absolute Gasteiger partial charge is 0.251 e. The average Bonchev–Trinajstić information content (AvgIpc) is 3.31. The Labute approximate surface area is 215 Å². The van der Waals surface area contributed by atoms with E-state index in [0.717, 1.165) is 4.80 Å². The zero-order valence-corrected chi connectivity index (χ0v) is 22.0. The molecule has 1 heterocycles. The van der Waals surface area contributed by atoms with Crippen molar-refractivity contribution < 1.29 is 23.5 Å². The lowest BCUT2D eigenvalue weighted by Gasteiger charge is -2.33. The highest BCUT2D eigenvalue weighted by Crippen LogP contribution is 2.30. The summed E-state index contributed by atoms with van der Waals surface area (Å²) in [6.45, 7) is 7.26. The second kappa shape index (κ2) is 11.8. The van der Waals surface area contributed by atoms with E-state index in [1.165, 1.54) is 43.4 Å². The van der Waals surface area contributed by atoms with Gasteiger partial charge in [-0.05, 0) is 74.9 Å². The molecule has 2 aromatic carbocycles. The van der Waals surface area contributed by atoms with Gasteiger partial charge in [0.2, 0.25) is 11.7 Å². The van der Waals surface area contributed by atoms with Crippen LogP contribution in [0.3, 0.4) is 0 Å². The van der Waals surface area contributed by atoms with Crippen LogP contribution >= 0.6 is 0 Å². The lowest BCUT2D eigenvalue weighted by Crippen LogP contribution is -2.54. The summed E-state index contributed by atoms with van der Waals surface area (Å²) in [7, 11) is 3.06. The van der Waals surface area contributed by atoms with E-state index < -0.39 is 23.3 Å². The maximum Gasteiger partial charge on any atom is 0.251 e. The molecule has 0 aliphatic rings. The first-order valence-electron chi connectivity index (χ1n) is 12.0. The van der Waals surface area contributed by atoms with E-state index in [1.54, 1.807) is 18.2 Å². The highest BCUT2D eigenvalue weighted by molar-refractivity contribution is 6.00. The Morgan fingerprint density at radius 3 is 2.35 bits per heavy atom. The summed E-state index contributed by atoms with van der Waals surface area (Å²) in [6, 6.07) is 9.83. The molecule has 10 nitrogen and oxygen atoms in total. The normalized spacial score (nSPS) is 12.1. The zero-order chi connectivity index (χ0) is 27.2. The molecule has 0 aliphatic carbocycles. The first kappa shape index (κ1) is 27.6. The van der Waals surface area contributed by atoms with Crippen molar-refractivity contribution in [3.05, 3.63) is 48.3 Å². The molecule has 0 fully saturated rings. The van der Waals surface area contributed by atoms with Gasteiger partial charge < -0.3 is 14.8 Å². The fraction of sp³-hybridized carbons (Fsp3) is 0.423. The van der Waals surface area contributed by atoms with E-state index in [0.29, 0.717) is 35.6 Å². The molecule has 3 aromatic rings. The number of halogens is 1. The van der Waals surface area contributed by atoms with Crippen molar-refractivity contribution in [2.75, 3.05) is 19.1 Å². The van der Waals surface area contributed by atoms with Gasteiger partial charge in [0.25, 0.3) is 5.91 Å². The van der Waals surface area contributed by atoms with Gasteiger partial charge in [0, 0.05) is 16.8 Å². The maximum atomic E-state index is 13.7. The van der Waals surface area contributed by atoms with Gasteiger partial charge in [-0.2, -0.15) is 4.80 Å². The number of aromatic nitrogens is 4. The van der Waals surface area contributed by atoms with E-state index in [1.807, 2.05) is 27.7 Å². The van der Waals surface area contributed by atoms with Crippen LogP contribution in [0.25, 0.3) is 11.4 Å². The van der Waals surface area contributed by atoms with Gasteiger partial charge in [-0.15, -0.1) is 10.2 Å². The van der Waals surface area contributed by atoms with Crippen molar-refractivity contribution in [2.45, 2.75) is 58.7 Å². The molecular formula is C26H33FN6O4. The third kappa shape index (κ3) is 7.02. The molecule has 1 atom stereocenters. The molecule has 37 heavy (non-hydrogen) atoms. The fourth-order valence-electron chi connectivity index (χ4n) is 3.80. The van der Waals surface area contributed by atoms with E-state index in [2.05, 4.69) is 20.7 Å². The molecule has 0 spiro atoms. The highest BCUT2D eigenvalue weighted by atomic mass is 19.1. The summed E-state index contributed by atoms with van der Waals surface area (Å²) in [5.41, 5.74) is 0.525. The summed E-state index contributed by atoms with van der Waals surface area (Å²) in [5, 5.41) is 15.4. The van der Waals surface area contributed by atoms with E-state index in [4.69, 9.17) is 9.47 Å². The number of nitrogens with zero attached hydrogens (tertiary/aromatic N) is 5. The lowest BCUT2D eigenvalue weighted by atomic mass is 10.0. The number of hydrogen-bond acceptors (Lipinski definition) is 7. The Morgan fingerprint density at radius 2 is 1.76 bits per heavy atom. The number of anilines is 1. The number of amides is 2. The predicted molar refractivity (Wildman–Crippen MR) is 137 cm³/mol. The molecular weight excluding hydrogens is 479 g/mol.